The highest BCUT2D eigenvalue weighted by molar-refractivity contribution is 5.89. The number of nitrogens with zero attached hydrogens (tertiary/aromatic N) is 1. The van der Waals surface area contributed by atoms with Crippen molar-refractivity contribution in [1.82, 2.24) is 0 Å². The van der Waals surface area contributed by atoms with E-state index in [1.807, 2.05) is 24.3 Å². The Bertz CT molecular complexity index is 797. The van der Waals surface area contributed by atoms with Crippen molar-refractivity contribution in [3.8, 4) is 5.75 Å². The molecule has 0 aliphatic carbocycles. The summed E-state index contributed by atoms with van der Waals surface area (Å²) in [7, 11) is 3.75. The molecular weight excluding hydrogens is 294 g/mol. The number of fused-ring (bicyclic) bond motifs is 1. The van der Waals surface area contributed by atoms with Gasteiger partial charge in [-0.05, 0) is 23.3 Å². The van der Waals surface area contributed by atoms with Crippen LogP contribution in [0.5, 0.6) is 5.75 Å². The molecule has 0 fully saturated rings. The van der Waals surface area contributed by atoms with Crippen LogP contribution in [-0.4, -0.2) is 7.11 Å². The lowest BCUT2D eigenvalue weighted by atomic mass is 10.1. The molecule has 112 valence electrons. The first-order valence-corrected chi connectivity index (χ1v) is 6.97. The van der Waals surface area contributed by atoms with E-state index in [9.17, 15) is 0 Å². The van der Waals surface area contributed by atoms with Crippen molar-refractivity contribution in [3.63, 3.8) is 0 Å². The molecule has 0 unspecified atom stereocenters. The van der Waals surface area contributed by atoms with Crippen molar-refractivity contribution >= 4 is 23.1 Å². The van der Waals surface area contributed by atoms with Crippen LogP contribution in [0.3, 0.4) is 0 Å². The van der Waals surface area contributed by atoms with Crippen LogP contribution in [-0.2, 0) is 7.05 Å². The van der Waals surface area contributed by atoms with E-state index in [0.717, 1.165) is 5.75 Å². The van der Waals surface area contributed by atoms with E-state index in [1.54, 1.807) is 7.11 Å². The predicted molar refractivity (Wildman–Crippen MR) is 87.0 cm³/mol. The van der Waals surface area contributed by atoms with Crippen molar-refractivity contribution in [2.75, 3.05) is 7.11 Å². The average Bonchev–Trinajstić information content (AvgIpc) is 2.55. The Morgan fingerprint density at radius 1 is 0.955 bits per heavy atom. The minimum absolute atomic E-state index is 0. The Morgan fingerprint density at radius 2 is 1.73 bits per heavy atom. The summed E-state index contributed by atoms with van der Waals surface area (Å²) in [6, 6.07) is 18.6. The van der Waals surface area contributed by atoms with Gasteiger partial charge in [0.15, 0.2) is 6.20 Å². The summed E-state index contributed by atoms with van der Waals surface area (Å²) in [5.74, 6) is 0.878. The van der Waals surface area contributed by atoms with Gasteiger partial charge in [0.1, 0.15) is 12.8 Å². The maximum absolute atomic E-state index is 5.35. The lowest BCUT2D eigenvalue weighted by Crippen LogP contribution is -3.00. The molecule has 0 aliphatic heterocycles. The lowest BCUT2D eigenvalue weighted by molar-refractivity contribution is -0.644. The van der Waals surface area contributed by atoms with E-state index >= 15 is 0 Å². The zero-order valence-corrected chi connectivity index (χ0v) is 13.4. The lowest BCUT2D eigenvalue weighted by Gasteiger charge is -2.04. The number of hydrogen-bond donors (Lipinski definition) is 0. The summed E-state index contributed by atoms with van der Waals surface area (Å²) >= 11 is 0. The molecule has 3 aromatic rings. The quantitative estimate of drug-likeness (QED) is 0.654. The highest BCUT2D eigenvalue weighted by atomic mass is 35.5. The van der Waals surface area contributed by atoms with E-state index in [4.69, 9.17) is 4.74 Å². The van der Waals surface area contributed by atoms with Crippen LogP contribution in [0.25, 0.3) is 23.1 Å². The molecule has 0 N–H and O–H groups in total. The second-order valence-corrected chi connectivity index (χ2v) is 5.01. The van der Waals surface area contributed by atoms with Gasteiger partial charge in [0.2, 0.25) is 5.52 Å². The highest BCUT2D eigenvalue weighted by Crippen LogP contribution is 2.23. The third-order valence-corrected chi connectivity index (χ3v) is 3.63. The molecule has 0 aliphatic rings. The molecule has 1 aromatic heterocycles. The molecule has 2 aromatic carbocycles. The second kappa shape index (κ2) is 7.10. The largest absolute Gasteiger partial charge is 1.00 e. The first kappa shape index (κ1) is 16.1. The van der Waals surface area contributed by atoms with Crippen molar-refractivity contribution in [1.29, 1.82) is 0 Å². The van der Waals surface area contributed by atoms with Crippen LogP contribution >= 0.6 is 0 Å². The third-order valence-electron chi connectivity index (χ3n) is 3.63. The van der Waals surface area contributed by atoms with Gasteiger partial charge in [-0.1, -0.05) is 42.5 Å². The van der Waals surface area contributed by atoms with Crippen LogP contribution in [0.2, 0.25) is 0 Å². The monoisotopic (exact) mass is 311 g/mol. The Labute approximate surface area is 137 Å². The van der Waals surface area contributed by atoms with Crippen molar-refractivity contribution in [2.24, 2.45) is 7.05 Å². The van der Waals surface area contributed by atoms with Crippen molar-refractivity contribution < 1.29 is 21.7 Å². The molecule has 0 atom stereocenters. The molecule has 1 heterocycles. The standard InChI is InChI=1S/C19H18NO.ClH/c1-20-13-12-16(9-8-15-6-4-3-5-7-15)18-14-17(21-2)10-11-19(18)20;/h3-14H,1-2H3;1H/q+1;/p-1/b9-8+;. The van der Waals surface area contributed by atoms with E-state index in [0.29, 0.717) is 0 Å². The first-order chi connectivity index (χ1) is 10.3. The topological polar surface area (TPSA) is 13.1 Å². The summed E-state index contributed by atoms with van der Waals surface area (Å²) in [5.41, 5.74) is 3.57. The summed E-state index contributed by atoms with van der Waals surface area (Å²) < 4.78 is 7.47. The third kappa shape index (κ3) is 3.29. The Hall–Kier alpha value is -2.32. The normalized spacial score (nSPS) is 10.6. The number of rotatable bonds is 3. The van der Waals surface area contributed by atoms with Gasteiger partial charge in [0.25, 0.3) is 0 Å². The summed E-state index contributed by atoms with van der Waals surface area (Å²) in [6.45, 7) is 0. The van der Waals surface area contributed by atoms with Gasteiger partial charge in [0, 0.05) is 12.1 Å². The van der Waals surface area contributed by atoms with Gasteiger partial charge in [-0.15, -0.1) is 0 Å². The minimum Gasteiger partial charge on any atom is -1.00 e. The summed E-state index contributed by atoms with van der Waals surface area (Å²) in [5, 5.41) is 1.19. The summed E-state index contributed by atoms with van der Waals surface area (Å²) in [6.07, 6.45) is 6.37. The van der Waals surface area contributed by atoms with Gasteiger partial charge in [-0.25, -0.2) is 4.57 Å². The molecule has 3 heteroatoms. The second-order valence-electron chi connectivity index (χ2n) is 5.01. The van der Waals surface area contributed by atoms with Gasteiger partial charge < -0.3 is 17.1 Å². The van der Waals surface area contributed by atoms with Crippen LogP contribution < -0.4 is 21.7 Å². The molecule has 0 bridgehead atoms. The van der Waals surface area contributed by atoms with Crippen molar-refractivity contribution in [2.45, 2.75) is 0 Å². The minimum atomic E-state index is 0. The maximum atomic E-state index is 5.35. The predicted octanol–water partition coefficient (Wildman–Crippen LogP) is 0.847. The van der Waals surface area contributed by atoms with E-state index in [-0.39, 0.29) is 12.4 Å². The molecule has 22 heavy (non-hydrogen) atoms. The number of ether oxygens (including phenoxy) is 1. The van der Waals surface area contributed by atoms with Crippen LogP contribution in [0, 0.1) is 0 Å². The van der Waals surface area contributed by atoms with E-state index in [2.05, 4.69) is 60.3 Å². The van der Waals surface area contributed by atoms with Crippen LogP contribution in [0.4, 0.5) is 0 Å². The smallest absolute Gasteiger partial charge is 0.213 e. The first-order valence-electron chi connectivity index (χ1n) is 6.97. The molecule has 0 radical (unpaired) electrons. The highest BCUT2D eigenvalue weighted by Gasteiger charge is 2.09. The SMILES string of the molecule is COc1ccc2c(c1)c(/C=C/c1ccccc1)cc[n+]2C.[Cl-]. The van der Waals surface area contributed by atoms with Gasteiger partial charge >= 0.3 is 0 Å². The van der Waals surface area contributed by atoms with Gasteiger partial charge in [0.05, 0.1) is 12.5 Å². The van der Waals surface area contributed by atoms with Gasteiger partial charge in [-0.3, -0.25) is 0 Å². The Balaban J connectivity index is 0.00000176. The number of benzene rings is 2. The fraction of sp³-hybridized carbons (Fsp3) is 0.105. The van der Waals surface area contributed by atoms with Crippen molar-refractivity contribution in [3.05, 3.63) is 71.9 Å². The van der Waals surface area contributed by atoms with E-state index < -0.39 is 0 Å². The molecule has 2 nitrogen and oxygen atoms in total. The van der Waals surface area contributed by atoms with Crippen LogP contribution in [0.1, 0.15) is 11.1 Å². The zero-order valence-electron chi connectivity index (χ0n) is 12.7. The van der Waals surface area contributed by atoms with Gasteiger partial charge in [-0.2, -0.15) is 0 Å². The average molecular weight is 312 g/mol. The zero-order chi connectivity index (χ0) is 14.7. The molecule has 3 rings (SSSR count). The summed E-state index contributed by atoms with van der Waals surface area (Å²) in [4.78, 5) is 0. The van der Waals surface area contributed by atoms with E-state index in [1.165, 1.54) is 22.0 Å². The molecule has 0 amide bonds. The number of pyridine rings is 1. The number of methoxy groups -OCH3 is 1. The fourth-order valence-corrected chi connectivity index (χ4v) is 2.44. The number of halogens is 1. The fourth-order valence-electron chi connectivity index (χ4n) is 2.44. The number of aromatic nitrogens is 1. The Kier molecular flexibility index (Phi) is 5.18. The molecule has 0 spiro atoms. The Morgan fingerprint density at radius 3 is 2.45 bits per heavy atom. The molecule has 0 saturated heterocycles. The number of aryl methyl sites for hydroxylation is 1. The molecular formula is C19H18ClNO. The molecule has 0 saturated carbocycles. The number of hydrogen-bond acceptors (Lipinski definition) is 1. The van der Waals surface area contributed by atoms with Crippen LogP contribution in [0.15, 0.2) is 60.8 Å². The maximum Gasteiger partial charge on any atom is 0.213 e.